The quantitative estimate of drug-likeness (QED) is 0.464. The van der Waals surface area contributed by atoms with E-state index in [2.05, 4.69) is 0 Å². The van der Waals surface area contributed by atoms with E-state index in [4.69, 9.17) is 18.9 Å². The van der Waals surface area contributed by atoms with E-state index in [1.807, 2.05) is 0 Å². The number of rotatable bonds is 0. The average Bonchev–Trinajstić information content (AvgIpc) is 3.71. The molecular weight excluding hydrogens is 480 g/mol. The molecule has 9 fully saturated rings. The van der Waals surface area contributed by atoms with Crippen LogP contribution in [0.4, 0.5) is 0 Å². The van der Waals surface area contributed by atoms with E-state index in [9.17, 15) is 10.2 Å². The van der Waals surface area contributed by atoms with E-state index in [0.29, 0.717) is 47.3 Å². The van der Waals surface area contributed by atoms with E-state index in [-0.39, 0.29) is 0 Å². The highest BCUT2D eigenvalue weighted by molar-refractivity contribution is 5.17. The van der Waals surface area contributed by atoms with Crippen LogP contribution in [0.15, 0.2) is 0 Å². The van der Waals surface area contributed by atoms with Gasteiger partial charge in [0.1, 0.15) is 36.6 Å². The molecule has 2 N–H and O–H groups in total. The first-order valence-corrected chi connectivity index (χ1v) is 16.7. The molecule has 0 aromatic heterocycles. The van der Waals surface area contributed by atoms with Crippen molar-refractivity contribution < 1.29 is 29.2 Å². The van der Waals surface area contributed by atoms with Crippen molar-refractivity contribution in [1.29, 1.82) is 0 Å². The zero-order chi connectivity index (χ0) is 25.2. The summed E-state index contributed by atoms with van der Waals surface area (Å²) in [4.78, 5) is 0. The van der Waals surface area contributed by atoms with Crippen molar-refractivity contribution in [3.05, 3.63) is 0 Å². The Kier molecular flexibility index (Phi) is 5.54. The van der Waals surface area contributed by atoms with Crippen LogP contribution < -0.4 is 0 Å². The van der Waals surface area contributed by atoms with Gasteiger partial charge in [-0.15, -0.1) is 0 Å². The summed E-state index contributed by atoms with van der Waals surface area (Å²) >= 11 is 0. The van der Waals surface area contributed by atoms with Gasteiger partial charge < -0.3 is 29.2 Å². The largest absolute Gasteiger partial charge is 0.387 e. The Morgan fingerprint density at radius 3 is 0.868 bits per heavy atom. The zero-order valence-corrected chi connectivity index (χ0v) is 22.9. The molecule has 2 aliphatic heterocycles. The molecule has 14 atom stereocenters. The molecule has 2 heterocycles. The summed E-state index contributed by atoms with van der Waals surface area (Å²) in [5, 5.41) is 23.8. The maximum atomic E-state index is 11.9. The van der Waals surface area contributed by atoms with Crippen LogP contribution in [-0.2, 0) is 18.9 Å². The third kappa shape index (κ3) is 3.01. The number of fused-ring (bicyclic) bond motifs is 12. The lowest BCUT2D eigenvalue weighted by molar-refractivity contribution is -0.261. The molecule has 2 spiro atoms. The standard InChI is InChI=1S/C32H48O6/c33-25-27-28(36-31(35-27)21-13-5-1-9-17(21)18-10-2-6-14-22(18)31)26(34)30-29(25)37-32(38-30)23-15-7-3-11-19(23)20-12-4-8-16-24(20)32/h17-30,33-34H,1-16H2/t17?,18?,19?,20?,21?,22?,23?,24?,25?,26?,27-,28-,29-,30+,31?,32?/m0/s1. The number of ether oxygens (including phenoxy) is 4. The van der Waals surface area contributed by atoms with Gasteiger partial charge >= 0.3 is 0 Å². The number of aliphatic hydroxyl groups excluding tert-OH is 2. The van der Waals surface area contributed by atoms with E-state index in [0.717, 1.165) is 25.7 Å². The Morgan fingerprint density at radius 2 is 0.605 bits per heavy atom. The van der Waals surface area contributed by atoms with Gasteiger partial charge in [0.15, 0.2) is 11.6 Å². The minimum atomic E-state index is -0.818. The fourth-order valence-corrected chi connectivity index (χ4v) is 12.5. The van der Waals surface area contributed by atoms with Crippen molar-refractivity contribution in [2.45, 2.75) is 151 Å². The summed E-state index contributed by atoms with van der Waals surface area (Å²) in [6.07, 6.45) is 16.2. The maximum Gasteiger partial charge on any atom is 0.175 e. The molecule has 0 aromatic rings. The average molecular weight is 529 g/mol. The summed E-state index contributed by atoms with van der Waals surface area (Å²) in [7, 11) is 0. The molecule has 0 amide bonds. The van der Waals surface area contributed by atoms with Crippen LogP contribution in [0, 0.1) is 47.3 Å². The second-order valence-electron chi connectivity index (χ2n) is 15.0. The van der Waals surface area contributed by atoms with Gasteiger partial charge in [-0.2, -0.15) is 0 Å². The normalized spacial score (nSPS) is 62.7. The Labute approximate surface area is 227 Å². The lowest BCUT2D eigenvalue weighted by atomic mass is 9.73. The Morgan fingerprint density at radius 1 is 0.368 bits per heavy atom. The highest BCUT2D eigenvalue weighted by atomic mass is 16.8. The number of hydrogen-bond acceptors (Lipinski definition) is 6. The molecule has 7 saturated carbocycles. The lowest BCUT2D eigenvalue weighted by Gasteiger charge is -2.40. The van der Waals surface area contributed by atoms with Crippen molar-refractivity contribution in [3.63, 3.8) is 0 Å². The van der Waals surface area contributed by atoms with Crippen LogP contribution >= 0.6 is 0 Å². The van der Waals surface area contributed by atoms with Gasteiger partial charge in [-0.1, -0.05) is 51.4 Å². The van der Waals surface area contributed by atoms with Crippen LogP contribution in [0.5, 0.6) is 0 Å². The Hall–Kier alpha value is -0.240. The zero-order valence-electron chi connectivity index (χ0n) is 22.9. The summed E-state index contributed by atoms with van der Waals surface area (Å²) in [5.41, 5.74) is 0. The van der Waals surface area contributed by atoms with E-state index < -0.39 is 48.2 Å². The number of aliphatic hydroxyl groups is 2. The molecule has 38 heavy (non-hydrogen) atoms. The van der Waals surface area contributed by atoms with Crippen LogP contribution in [0.1, 0.15) is 103 Å². The van der Waals surface area contributed by atoms with Gasteiger partial charge in [0.25, 0.3) is 0 Å². The van der Waals surface area contributed by atoms with Crippen LogP contribution in [0.3, 0.4) is 0 Å². The first-order valence-electron chi connectivity index (χ1n) is 16.7. The number of hydrogen-bond donors (Lipinski definition) is 2. The van der Waals surface area contributed by atoms with Gasteiger partial charge in [-0.3, -0.25) is 0 Å². The predicted molar refractivity (Wildman–Crippen MR) is 139 cm³/mol. The van der Waals surface area contributed by atoms with E-state index in [1.54, 1.807) is 0 Å². The van der Waals surface area contributed by atoms with Gasteiger partial charge in [-0.25, -0.2) is 0 Å². The SMILES string of the molecule is OC1[C@H]2OC3(O[C@H]2C(O)[C@@H]2OC4(O[C@@H]12)C1CCCCC1C1CCCCC14)C1CCCCC1C1CCCCC13. The topological polar surface area (TPSA) is 77.4 Å². The molecule has 0 radical (unpaired) electrons. The second-order valence-corrected chi connectivity index (χ2v) is 15.0. The minimum Gasteiger partial charge on any atom is -0.387 e. The third-order valence-electron chi connectivity index (χ3n) is 13.7. The molecule has 10 unspecified atom stereocenters. The van der Waals surface area contributed by atoms with Crippen molar-refractivity contribution in [3.8, 4) is 0 Å². The molecule has 6 heteroatoms. The Balaban J connectivity index is 1.04. The molecule has 0 bridgehead atoms. The monoisotopic (exact) mass is 528 g/mol. The fourth-order valence-electron chi connectivity index (χ4n) is 12.5. The molecule has 212 valence electrons. The highest BCUT2D eigenvalue weighted by Gasteiger charge is 2.74. The van der Waals surface area contributed by atoms with Crippen LogP contribution in [0.25, 0.3) is 0 Å². The summed E-state index contributed by atoms with van der Waals surface area (Å²) in [6, 6.07) is 0. The van der Waals surface area contributed by atoms with Gasteiger partial charge in [0.05, 0.1) is 0 Å². The first-order chi connectivity index (χ1) is 18.6. The minimum absolute atomic E-state index is 0.392. The second kappa shape index (κ2) is 8.64. The molecule has 9 rings (SSSR count). The first kappa shape index (κ1) is 24.4. The van der Waals surface area contributed by atoms with Crippen molar-refractivity contribution >= 4 is 0 Å². The molecule has 9 aliphatic rings. The fraction of sp³-hybridized carbons (Fsp3) is 1.00. The van der Waals surface area contributed by atoms with Gasteiger partial charge in [0.2, 0.25) is 0 Å². The van der Waals surface area contributed by atoms with Crippen molar-refractivity contribution in [1.82, 2.24) is 0 Å². The highest BCUT2D eigenvalue weighted by Crippen LogP contribution is 2.67. The molecular formula is C32H48O6. The summed E-state index contributed by atoms with van der Waals surface area (Å²) in [5.74, 6) is 2.97. The smallest absolute Gasteiger partial charge is 0.175 e. The molecule has 7 aliphatic carbocycles. The molecule has 0 aromatic carbocycles. The molecule has 2 saturated heterocycles. The van der Waals surface area contributed by atoms with Crippen LogP contribution in [0.2, 0.25) is 0 Å². The lowest BCUT2D eigenvalue weighted by Crippen LogP contribution is -2.61. The van der Waals surface area contributed by atoms with Crippen molar-refractivity contribution in [2.75, 3.05) is 0 Å². The van der Waals surface area contributed by atoms with E-state index in [1.165, 1.54) is 77.0 Å². The summed E-state index contributed by atoms with van der Waals surface area (Å²) < 4.78 is 28.2. The van der Waals surface area contributed by atoms with E-state index >= 15 is 0 Å². The van der Waals surface area contributed by atoms with Crippen LogP contribution in [-0.4, -0.2) is 58.4 Å². The predicted octanol–water partition coefficient (Wildman–Crippen LogP) is 4.94. The molecule has 6 nitrogen and oxygen atoms in total. The van der Waals surface area contributed by atoms with Crippen molar-refractivity contribution in [2.24, 2.45) is 47.3 Å². The summed E-state index contributed by atoms with van der Waals surface area (Å²) in [6.45, 7) is 0. The van der Waals surface area contributed by atoms with Gasteiger partial charge in [-0.05, 0) is 75.0 Å². The maximum absolute atomic E-state index is 11.9. The Bertz CT molecular complexity index is 793. The third-order valence-corrected chi connectivity index (χ3v) is 13.7. The van der Waals surface area contributed by atoms with Gasteiger partial charge in [0, 0.05) is 23.7 Å².